The first kappa shape index (κ1) is 12.6. The number of aromatic carboxylic acids is 1. The van der Waals surface area contributed by atoms with Crippen LogP contribution in [0.1, 0.15) is 28.6 Å². The molecule has 0 spiro atoms. The van der Waals surface area contributed by atoms with Crippen LogP contribution in [0.25, 0.3) is 0 Å². The van der Waals surface area contributed by atoms with Crippen LogP contribution < -0.4 is 5.73 Å². The summed E-state index contributed by atoms with van der Waals surface area (Å²) in [4.78, 5) is 14.3. The molecule has 0 fully saturated rings. The van der Waals surface area contributed by atoms with Gasteiger partial charge >= 0.3 is 5.97 Å². The van der Waals surface area contributed by atoms with Gasteiger partial charge in [0.1, 0.15) is 11.8 Å². The number of rotatable bonds is 5. The smallest absolute Gasteiger partial charge is 0.354 e. The molecule has 1 aromatic rings. The fourth-order valence-electron chi connectivity index (χ4n) is 1.30. The van der Waals surface area contributed by atoms with Crippen LogP contribution in [0.5, 0.6) is 0 Å². The molecule has 2 atom stereocenters. The summed E-state index contributed by atoms with van der Waals surface area (Å²) >= 11 is 0. The van der Waals surface area contributed by atoms with Gasteiger partial charge in [-0.25, -0.2) is 9.78 Å². The molecule has 0 aliphatic rings. The summed E-state index contributed by atoms with van der Waals surface area (Å²) < 4.78 is 0. The van der Waals surface area contributed by atoms with E-state index in [4.69, 9.17) is 10.8 Å². The Labute approximate surface area is 92.4 Å². The number of carboxylic acid groups (broad SMARTS) is 1. The Morgan fingerprint density at radius 1 is 1.50 bits per heavy atom. The zero-order valence-electron chi connectivity index (χ0n) is 8.58. The summed E-state index contributed by atoms with van der Waals surface area (Å²) in [6.07, 6.45) is -0.637. The molecule has 6 heteroatoms. The van der Waals surface area contributed by atoms with Crippen LogP contribution in [0, 0.1) is 0 Å². The van der Waals surface area contributed by atoms with E-state index in [1.165, 1.54) is 18.3 Å². The highest BCUT2D eigenvalue weighted by molar-refractivity contribution is 5.85. The van der Waals surface area contributed by atoms with E-state index in [0.29, 0.717) is 5.56 Å². The first-order valence-electron chi connectivity index (χ1n) is 4.81. The molecule has 0 aliphatic heterocycles. The van der Waals surface area contributed by atoms with Gasteiger partial charge in [0.2, 0.25) is 0 Å². The predicted octanol–water partition coefficient (Wildman–Crippen LogP) is -0.477. The van der Waals surface area contributed by atoms with Gasteiger partial charge in [0.15, 0.2) is 0 Å². The largest absolute Gasteiger partial charge is 0.477 e. The molecule has 0 aliphatic carbocycles. The standard InChI is InChI=1S/C10H14N2O4/c11-3-1-8(13)9(14)6-2-4-12-7(5-6)10(15)16/h2,4-5,8-9,13-14H,1,3,11H2,(H,15,16). The maximum Gasteiger partial charge on any atom is 0.354 e. The topological polar surface area (TPSA) is 117 Å². The molecule has 0 saturated carbocycles. The van der Waals surface area contributed by atoms with Gasteiger partial charge in [0.25, 0.3) is 0 Å². The van der Waals surface area contributed by atoms with Crippen molar-refractivity contribution in [3.63, 3.8) is 0 Å². The van der Waals surface area contributed by atoms with Crippen molar-refractivity contribution in [2.24, 2.45) is 5.73 Å². The van der Waals surface area contributed by atoms with Crippen molar-refractivity contribution in [1.82, 2.24) is 4.98 Å². The highest BCUT2D eigenvalue weighted by atomic mass is 16.4. The van der Waals surface area contributed by atoms with E-state index in [1.54, 1.807) is 0 Å². The molecule has 6 nitrogen and oxygen atoms in total. The summed E-state index contributed by atoms with van der Waals surface area (Å²) in [7, 11) is 0. The third kappa shape index (κ3) is 2.99. The third-order valence-corrected chi connectivity index (χ3v) is 2.17. The molecular formula is C10H14N2O4. The number of pyridine rings is 1. The molecule has 0 amide bonds. The minimum Gasteiger partial charge on any atom is -0.477 e. The van der Waals surface area contributed by atoms with Crippen LogP contribution >= 0.6 is 0 Å². The zero-order valence-corrected chi connectivity index (χ0v) is 8.58. The van der Waals surface area contributed by atoms with Crippen molar-refractivity contribution in [3.8, 4) is 0 Å². The van der Waals surface area contributed by atoms with Gasteiger partial charge in [-0.2, -0.15) is 0 Å². The Morgan fingerprint density at radius 3 is 2.75 bits per heavy atom. The lowest BCUT2D eigenvalue weighted by Gasteiger charge is -2.17. The molecule has 0 bridgehead atoms. The zero-order chi connectivity index (χ0) is 12.1. The van der Waals surface area contributed by atoms with Gasteiger partial charge < -0.3 is 21.1 Å². The minimum atomic E-state index is -1.18. The summed E-state index contributed by atoms with van der Waals surface area (Å²) in [5, 5.41) is 27.9. The lowest BCUT2D eigenvalue weighted by Crippen LogP contribution is -2.22. The molecular weight excluding hydrogens is 212 g/mol. The number of aromatic nitrogens is 1. The van der Waals surface area contributed by atoms with E-state index in [9.17, 15) is 15.0 Å². The number of nitrogens with two attached hydrogens (primary N) is 1. The van der Waals surface area contributed by atoms with E-state index in [0.717, 1.165) is 0 Å². The number of carbonyl (C=O) groups is 1. The summed E-state index contributed by atoms with van der Waals surface area (Å²) in [6, 6.07) is 2.68. The molecule has 0 radical (unpaired) electrons. The molecule has 1 rings (SSSR count). The highest BCUT2D eigenvalue weighted by Crippen LogP contribution is 2.18. The molecule has 5 N–H and O–H groups in total. The van der Waals surface area contributed by atoms with Crippen molar-refractivity contribution in [2.45, 2.75) is 18.6 Å². The first-order valence-corrected chi connectivity index (χ1v) is 4.81. The monoisotopic (exact) mass is 226 g/mol. The second-order valence-electron chi connectivity index (χ2n) is 3.37. The van der Waals surface area contributed by atoms with Gasteiger partial charge in [-0.1, -0.05) is 0 Å². The molecule has 0 aromatic carbocycles. The van der Waals surface area contributed by atoms with E-state index >= 15 is 0 Å². The number of carboxylic acids is 1. The van der Waals surface area contributed by atoms with Crippen LogP contribution in [0.2, 0.25) is 0 Å². The van der Waals surface area contributed by atoms with E-state index in [-0.39, 0.29) is 18.7 Å². The van der Waals surface area contributed by atoms with Crippen LogP contribution in [-0.4, -0.2) is 38.9 Å². The fraction of sp³-hybridized carbons (Fsp3) is 0.400. The summed E-state index contributed by atoms with van der Waals surface area (Å²) in [5.41, 5.74) is 5.39. The van der Waals surface area contributed by atoms with Gasteiger partial charge in [-0.05, 0) is 30.7 Å². The highest BCUT2D eigenvalue weighted by Gasteiger charge is 2.18. The van der Waals surface area contributed by atoms with Crippen molar-refractivity contribution >= 4 is 5.97 Å². The van der Waals surface area contributed by atoms with Crippen LogP contribution in [-0.2, 0) is 0 Å². The van der Waals surface area contributed by atoms with Crippen molar-refractivity contribution in [1.29, 1.82) is 0 Å². The third-order valence-electron chi connectivity index (χ3n) is 2.17. The number of hydrogen-bond acceptors (Lipinski definition) is 5. The van der Waals surface area contributed by atoms with Crippen molar-refractivity contribution in [3.05, 3.63) is 29.6 Å². The first-order chi connectivity index (χ1) is 7.56. The number of aliphatic hydroxyl groups is 2. The second-order valence-corrected chi connectivity index (χ2v) is 3.37. The van der Waals surface area contributed by atoms with Crippen molar-refractivity contribution < 1.29 is 20.1 Å². The Morgan fingerprint density at radius 2 is 2.19 bits per heavy atom. The maximum absolute atomic E-state index is 10.6. The van der Waals surface area contributed by atoms with Gasteiger partial charge in [-0.3, -0.25) is 0 Å². The van der Waals surface area contributed by atoms with Gasteiger partial charge in [0.05, 0.1) is 6.10 Å². The van der Waals surface area contributed by atoms with Crippen LogP contribution in [0.15, 0.2) is 18.3 Å². The van der Waals surface area contributed by atoms with Crippen molar-refractivity contribution in [2.75, 3.05) is 6.54 Å². The van der Waals surface area contributed by atoms with E-state index < -0.39 is 18.2 Å². The van der Waals surface area contributed by atoms with Crippen LogP contribution in [0.4, 0.5) is 0 Å². The minimum absolute atomic E-state index is 0.170. The Kier molecular flexibility index (Phi) is 4.36. The average molecular weight is 226 g/mol. The molecule has 88 valence electrons. The lowest BCUT2D eigenvalue weighted by atomic mass is 10.0. The number of nitrogens with zero attached hydrogens (tertiary/aromatic N) is 1. The molecule has 16 heavy (non-hydrogen) atoms. The molecule has 1 aromatic heterocycles. The molecule has 1 heterocycles. The van der Waals surface area contributed by atoms with Gasteiger partial charge in [-0.15, -0.1) is 0 Å². The second kappa shape index (κ2) is 5.55. The number of aliphatic hydroxyl groups excluding tert-OH is 2. The SMILES string of the molecule is NCCC(O)C(O)c1ccnc(C(=O)O)c1. The summed E-state index contributed by atoms with van der Waals surface area (Å²) in [5.74, 6) is -1.18. The predicted molar refractivity (Wildman–Crippen MR) is 55.8 cm³/mol. The van der Waals surface area contributed by atoms with E-state index in [2.05, 4.69) is 4.98 Å². The Balaban J connectivity index is 2.86. The Hall–Kier alpha value is -1.50. The quantitative estimate of drug-likeness (QED) is 0.539. The molecule has 2 unspecified atom stereocenters. The fourth-order valence-corrected chi connectivity index (χ4v) is 1.30. The summed E-state index contributed by atoms with van der Waals surface area (Å²) in [6.45, 7) is 0.245. The van der Waals surface area contributed by atoms with Gasteiger partial charge in [0, 0.05) is 6.20 Å². The van der Waals surface area contributed by atoms with Crippen LogP contribution in [0.3, 0.4) is 0 Å². The number of hydrogen-bond donors (Lipinski definition) is 4. The maximum atomic E-state index is 10.6. The molecule has 0 saturated heterocycles. The normalized spacial score (nSPS) is 14.4. The lowest BCUT2D eigenvalue weighted by molar-refractivity contribution is 0.0149. The average Bonchev–Trinajstić information content (AvgIpc) is 2.28. The van der Waals surface area contributed by atoms with E-state index in [1.807, 2.05) is 0 Å². The Bertz CT molecular complexity index is 370.